The average molecular weight is 94.1 g/mol. The average Bonchev–Trinajstić information content (AvgIpc) is 2.14. The highest BCUT2D eigenvalue weighted by atomic mass is 16.5. The van der Waals surface area contributed by atoms with Crippen LogP contribution < -0.4 is 0 Å². The Morgan fingerprint density at radius 2 is 2.71 bits per heavy atom. The maximum atomic E-state index is 4.93. The second-order valence-corrected chi connectivity index (χ2v) is 1.25. The zero-order valence-corrected chi connectivity index (χ0v) is 3.98. The van der Waals surface area contributed by atoms with Crippen molar-refractivity contribution in [3.8, 4) is 0 Å². The van der Waals surface area contributed by atoms with E-state index in [1.807, 2.05) is 12.2 Å². The minimum Gasteiger partial charge on any atom is -0.482 e. The van der Waals surface area contributed by atoms with E-state index in [2.05, 4.69) is 12.3 Å². The molecule has 1 aliphatic heterocycles. The summed E-state index contributed by atoms with van der Waals surface area (Å²) in [6.45, 7) is 4.08. The molecule has 1 rings (SSSR count). The lowest BCUT2D eigenvalue weighted by atomic mass is 10.5. The van der Waals surface area contributed by atoms with Gasteiger partial charge in [-0.3, -0.25) is 0 Å². The summed E-state index contributed by atoms with van der Waals surface area (Å²) >= 11 is 0. The first-order chi connectivity index (χ1) is 3.43. The van der Waals surface area contributed by atoms with Gasteiger partial charge in [0.1, 0.15) is 6.61 Å². The molecule has 0 radical (unpaired) electrons. The second-order valence-electron chi connectivity index (χ2n) is 1.25. The zero-order chi connectivity index (χ0) is 5.11. The second kappa shape index (κ2) is 1.67. The van der Waals surface area contributed by atoms with Crippen molar-refractivity contribution in [1.82, 2.24) is 0 Å². The molecule has 36 valence electrons. The van der Waals surface area contributed by atoms with Crippen molar-refractivity contribution >= 4 is 0 Å². The molecule has 0 fully saturated rings. The van der Waals surface area contributed by atoms with E-state index in [0.29, 0.717) is 6.61 Å². The molecule has 0 N–H and O–H groups in total. The topological polar surface area (TPSA) is 9.23 Å². The summed E-state index contributed by atoms with van der Waals surface area (Å²) in [5.41, 5.74) is 2.62. The highest BCUT2D eigenvalue weighted by Crippen LogP contribution is 2.03. The Hall–Kier alpha value is -0.940. The summed E-state index contributed by atoms with van der Waals surface area (Å²) in [7, 11) is 0. The van der Waals surface area contributed by atoms with Gasteiger partial charge in [-0.2, -0.15) is 0 Å². The van der Waals surface area contributed by atoms with Crippen molar-refractivity contribution in [3.63, 3.8) is 0 Å². The van der Waals surface area contributed by atoms with Gasteiger partial charge in [0.2, 0.25) is 0 Å². The van der Waals surface area contributed by atoms with E-state index in [0.717, 1.165) is 5.76 Å². The number of rotatable bonds is 0. The normalized spacial score (nSPS) is 16.3. The van der Waals surface area contributed by atoms with Crippen molar-refractivity contribution in [2.45, 2.75) is 0 Å². The van der Waals surface area contributed by atoms with Gasteiger partial charge in [0.25, 0.3) is 0 Å². The van der Waals surface area contributed by atoms with E-state index in [-0.39, 0.29) is 0 Å². The number of ether oxygens (including phenoxy) is 1. The lowest BCUT2D eigenvalue weighted by Crippen LogP contribution is -1.75. The first-order valence-corrected chi connectivity index (χ1v) is 2.13. The molecule has 0 aromatic carbocycles. The Bertz CT molecular complexity index is 138. The van der Waals surface area contributed by atoms with Crippen LogP contribution >= 0.6 is 0 Å². The quantitative estimate of drug-likeness (QED) is 0.410. The first kappa shape index (κ1) is 4.23. The molecule has 0 aromatic rings. The van der Waals surface area contributed by atoms with Gasteiger partial charge < -0.3 is 4.74 Å². The summed E-state index contributed by atoms with van der Waals surface area (Å²) < 4.78 is 4.93. The molecular formula is C6H6O. The van der Waals surface area contributed by atoms with Gasteiger partial charge in [0.05, 0.1) is 0 Å². The number of allylic oxidation sites excluding steroid dienone is 1. The molecule has 0 bridgehead atoms. The van der Waals surface area contributed by atoms with Crippen molar-refractivity contribution in [2.75, 3.05) is 6.61 Å². The maximum absolute atomic E-state index is 4.93. The third-order valence-corrected chi connectivity index (χ3v) is 0.779. The standard InChI is InChI=1S/C6H6O/c1-2-6-4-3-5-7-6/h3-4H,1,5H2. The van der Waals surface area contributed by atoms with E-state index in [1.165, 1.54) is 0 Å². The third-order valence-electron chi connectivity index (χ3n) is 0.779. The van der Waals surface area contributed by atoms with Crippen LogP contribution in [0.15, 0.2) is 30.2 Å². The summed E-state index contributed by atoms with van der Waals surface area (Å²) in [5, 5.41) is 0. The summed E-state index contributed by atoms with van der Waals surface area (Å²) in [4.78, 5) is 0. The Kier molecular flexibility index (Phi) is 1.01. The van der Waals surface area contributed by atoms with E-state index in [9.17, 15) is 0 Å². The molecule has 0 aliphatic carbocycles. The molecule has 0 atom stereocenters. The molecule has 0 amide bonds. The maximum Gasteiger partial charge on any atom is 0.161 e. The van der Waals surface area contributed by atoms with E-state index in [4.69, 9.17) is 4.74 Å². The van der Waals surface area contributed by atoms with Crippen molar-refractivity contribution in [3.05, 3.63) is 30.2 Å². The van der Waals surface area contributed by atoms with Crippen LogP contribution in [-0.4, -0.2) is 6.61 Å². The van der Waals surface area contributed by atoms with Gasteiger partial charge in [-0.15, -0.1) is 0 Å². The Morgan fingerprint density at radius 1 is 1.86 bits per heavy atom. The van der Waals surface area contributed by atoms with Crippen LogP contribution in [0.4, 0.5) is 0 Å². The van der Waals surface area contributed by atoms with Crippen molar-refractivity contribution in [2.24, 2.45) is 0 Å². The van der Waals surface area contributed by atoms with Crippen LogP contribution in [0.5, 0.6) is 0 Å². The van der Waals surface area contributed by atoms with Crippen LogP contribution in [0.2, 0.25) is 0 Å². The zero-order valence-electron chi connectivity index (χ0n) is 3.98. The van der Waals surface area contributed by atoms with Crippen molar-refractivity contribution < 1.29 is 4.74 Å². The van der Waals surface area contributed by atoms with Crippen LogP contribution in [-0.2, 0) is 4.74 Å². The summed E-state index contributed by atoms with van der Waals surface area (Å²) in [6, 6.07) is 0. The van der Waals surface area contributed by atoms with Crippen LogP contribution in [0, 0.1) is 0 Å². The molecule has 0 aromatic heterocycles. The first-order valence-electron chi connectivity index (χ1n) is 2.13. The molecule has 0 unspecified atom stereocenters. The molecule has 7 heavy (non-hydrogen) atoms. The van der Waals surface area contributed by atoms with Gasteiger partial charge in [0, 0.05) is 0 Å². The van der Waals surface area contributed by atoms with Crippen molar-refractivity contribution in [1.29, 1.82) is 0 Å². The Balaban J connectivity index is 2.77. The predicted octanol–water partition coefficient (Wildman–Crippen LogP) is 1.24. The van der Waals surface area contributed by atoms with E-state index in [1.54, 1.807) is 0 Å². The summed E-state index contributed by atoms with van der Waals surface area (Å²) in [6.07, 6.45) is 3.78. The van der Waals surface area contributed by atoms with Gasteiger partial charge in [0.15, 0.2) is 5.76 Å². The monoisotopic (exact) mass is 94.0 g/mol. The third kappa shape index (κ3) is 0.729. The fourth-order valence-corrected chi connectivity index (χ4v) is 0.451. The predicted molar refractivity (Wildman–Crippen MR) is 27.7 cm³/mol. The van der Waals surface area contributed by atoms with Crippen LogP contribution in [0.1, 0.15) is 0 Å². The number of hydrogen-bond acceptors (Lipinski definition) is 1. The molecule has 0 spiro atoms. The van der Waals surface area contributed by atoms with Gasteiger partial charge in [-0.25, -0.2) is 0 Å². The van der Waals surface area contributed by atoms with E-state index >= 15 is 0 Å². The molecular weight excluding hydrogens is 88.1 g/mol. The highest BCUT2D eigenvalue weighted by Gasteiger charge is 1.93. The lowest BCUT2D eigenvalue weighted by Gasteiger charge is -1.87. The summed E-state index contributed by atoms with van der Waals surface area (Å²) in [5.74, 6) is 0.750. The van der Waals surface area contributed by atoms with Gasteiger partial charge in [-0.05, 0) is 12.2 Å². The van der Waals surface area contributed by atoms with Gasteiger partial charge in [-0.1, -0.05) is 12.3 Å². The van der Waals surface area contributed by atoms with Gasteiger partial charge >= 0.3 is 0 Å². The molecule has 0 saturated carbocycles. The van der Waals surface area contributed by atoms with E-state index < -0.39 is 0 Å². The fraction of sp³-hybridized carbons (Fsp3) is 0.167. The van der Waals surface area contributed by atoms with Crippen LogP contribution in [0.25, 0.3) is 0 Å². The minimum absolute atomic E-state index is 0.678. The SMILES string of the molecule is C=C=C1C=CCO1. The fourth-order valence-electron chi connectivity index (χ4n) is 0.451. The minimum atomic E-state index is 0.678. The van der Waals surface area contributed by atoms with Crippen LogP contribution in [0.3, 0.4) is 0 Å². The largest absolute Gasteiger partial charge is 0.482 e. The molecule has 0 saturated heterocycles. The highest BCUT2D eigenvalue weighted by molar-refractivity contribution is 5.14. The Morgan fingerprint density at radius 3 is 3.00 bits per heavy atom. The lowest BCUT2D eigenvalue weighted by molar-refractivity contribution is 0.280. The molecule has 1 aliphatic rings. The molecule has 1 heterocycles. The molecule has 1 nitrogen and oxygen atoms in total. The Labute approximate surface area is 42.6 Å². The smallest absolute Gasteiger partial charge is 0.161 e. The number of hydrogen-bond donors (Lipinski definition) is 0. The molecule has 1 heteroatoms.